The number of hydrogen-bond acceptors (Lipinski definition) is 12. The third kappa shape index (κ3) is 8.38. The SMILES string of the molecule is C[C@@H]1CN(c2nc(Nc3ccncn3)c(NCCOCC(F)(F)F)c(C(=N)CN3CCSCC3)n2)CCN1. The molecule has 1 atom stereocenters. The van der Waals surface area contributed by atoms with Crippen molar-refractivity contribution in [2.75, 3.05) is 86.1 Å². The van der Waals surface area contributed by atoms with E-state index in [0.717, 1.165) is 31.1 Å². The normalized spacial score (nSPS) is 18.8. The summed E-state index contributed by atoms with van der Waals surface area (Å²) in [4.78, 5) is 22.0. The lowest BCUT2D eigenvalue weighted by Gasteiger charge is -2.33. The summed E-state index contributed by atoms with van der Waals surface area (Å²) in [5.74, 6) is 3.35. The molecule has 2 aliphatic rings. The Bertz CT molecular complexity index is 1060. The first-order valence-corrected chi connectivity index (χ1v) is 13.6. The number of aromatic nitrogens is 4. The van der Waals surface area contributed by atoms with Gasteiger partial charge >= 0.3 is 6.18 Å². The minimum Gasteiger partial charge on any atom is -0.378 e. The number of thioether (sulfide) groups is 1. The van der Waals surface area contributed by atoms with E-state index in [-0.39, 0.29) is 19.2 Å². The molecule has 0 aromatic carbocycles. The maximum atomic E-state index is 12.5. The smallest absolute Gasteiger partial charge is 0.378 e. The minimum absolute atomic E-state index is 0.0720. The Kier molecular flexibility index (Phi) is 9.93. The van der Waals surface area contributed by atoms with Crippen LogP contribution in [0.15, 0.2) is 18.6 Å². The maximum Gasteiger partial charge on any atom is 0.411 e. The molecule has 15 heteroatoms. The van der Waals surface area contributed by atoms with E-state index < -0.39 is 12.8 Å². The third-order valence-electron chi connectivity index (χ3n) is 5.96. The first-order valence-electron chi connectivity index (χ1n) is 12.5. The van der Waals surface area contributed by atoms with E-state index in [1.807, 2.05) is 11.8 Å². The fourth-order valence-corrected chi connectivity index (χ4v) is 5.14. The Labute approximate surface area is 223 Å². The molecule has 2 saturated heterocycles. The summed E-state index contributed by atoms with van der Waals surface area (Å²) in [6.07, 6.45) is -1.41. The van der Waals surface area contributed by atoms with E-state index in [9.17, 15) is 13.2 Å². The molecule has 4 heterocycles. The number of anilines is 4. The van der Waals surface area contributed by atoms with E-state index in [1.165, 1.54) is 6.33 Å². The van der Waals surface area contributed by atoms with Gasteiger partial charge in [0.25, 0.3) is 0 Å². The van der Waals surface area contributed by atoms with E-state index in [0.29, 0.717) is 54.3 Å². The first-order chi connectivity index (χ1) is 18.3. The van der Waals surface area contributed by atoms with Crippen LogP contribution < -0.4 is 20.9 Å². The Hall–Kier alpha value is -2.75. The standard InChI is InChI=1S/C23H33F3N10OS/c1-16-12-36(6-4-29-16)22-33-19(17(27)13-35-7-10-38-11-8-35)20(30-5-9-37-14-23(24,25)26)21(34-22)32-18-2-3-28-15-31-18/h2-3,15-16,27,29-30H,4-14H2,1H3,(H,28,31,32,33,34)/t16-/m1/s1. The highest BCUT2D eigenvalue weighted by atomic mass is 32.2. The third-order valence-corrected chi connectivity index (χ3v) is 6.90. The van der Waals surface area contributed by atoms with Gasteiger partial charge in [-0.25, -0.2) is 15.0 Å². The largest absolute Gasteiger partial charge is 0.411 e. The summed E-state index contributed by atoms with van der Waals surface area (Å²) in [7, 11) is 0. The van der Waals surface area contributed by atoms with Crippen LogP contribution >= 0.6 is 11.8 Å². The van der Waals surface area contributed by atoms with Gasteiger partial charge in [0, 0.05) is 69.6 Å². The van der Waals surface area contributed by atoms with Crippen molar-refractivity contribution in [3.63, 3.8) is 0 Å². The Morgan fingerprint density at radius 1 is 1.26 bits per heavy atom. The number of rotatable bonds is 11. The van der Waals surface area contributed by atoms with Crippen LogP contribution in [0.3, 0.4) is 0 Å². The lowest BCUT2D eigenvalue weighted by molar-refractivity contribution is -0.172. The van der Waals surface area contributed by atoms with Crippen LogP contribution in [0.1, 0.15) is 12.6 Å². The number of hydrogen-bond donors (Lipinski definition) is 4. The number of nitrogens with zero attached hydrogens (tertiary/aromatic N) is 6. The van der Waals surface area contributed by atoms with Crippen molar-refractivity contribution >= 4 is 40.7 Å². The van der Waals surface area contributed by atoms with Crippen LogP contribution in [0.2, 0.25) is 0 Å². The number of ether oxygens (including phenoxy) is 1. The molecule has 0 saturated carbocycles. The molecule has 0 radical (unpaired) electrons. The second kappa shape index (κ2) is 13.4. The molecule has 208 valence electrons. The van der Waals surface area contributed by atoms with Gasteiger partial charge < -0.3 is 31.0 Å². The van der Waals surface area contributed by atoms with E-state index in [2.05, 4.69) is 42.6 Å². The van der Waals surface area contributed by atoms with Crippen LogP contribution in [0.4, 0.5) is 36.4 Å². The molecule has 0 unspecified atom stereocenters. The number of halogens is 3. The average molecular weight is 555 g/mol. The van der Waals surface area contributed by atoms with Gasteiger partial charge in [0.15, 0.2) is 5.82 Å². The highest BCUT2D eigenvalue weighted by molar-refractivity contribution is 7.99. The zero-order valence-corrected chi connectivity index (χ0v) is 22.0. The van der Waals surface area contributed by atoms with Crippen LogP contribution in [0.25, 0.3) is 0 Å². The molecular formula is C23H33F3N10OS. The molecule has 4 N–H and O–H groups in total. The Morgan fingerprint density at radius 3 is 2.79 bits per heavy atom. The predicted octanol–water partition coefficient (Wildman–Crippen LogP) is 2.22. The molecule has 0 bridgehead atoms. The molecule has 2 aromatic heterocycles. The number of nitrogens with one attached hydrogen (secondary N) is 4. The van der Waals surface area contributed by atoms with Crippen molar-refractivity contribution in [1.82, 2.24) is 30.2 Å². The lowest BCUT2D eigenvalue weighted by atomic mass is 10.2. The van der Waals surface area contributed by atoms with Crippen molar-refractivity contribution < 1.29 is 17.9 Å². The minimum atomic E-state index is -4.40. The predicted molar refractivity (Wildman–Crippen MR) is 143 cm³/mol. The quantitative estimate of drug-likeness (QED) is 0.241. The van der Waals surface area contributed by atoms with Crippen molar-refractivity contribution in [2.24, 2.45) is 0 Å². The second-order valence-electron chi connectivity index (χ2n) is 9.08. The zero-order valence-electron chi connectivity index (χ0n) is 21.2. The second-order valence-corrected chi connectivity index (χ2v) is 10.3. The zero-order chi connectivity index (χ0) is 27.0. The van der Waals surface area contributed by atoms with E-state index in [1.54, 1.807) is 12.3 Å². The van der Waals surface area contributed by atoms with E-state index in [4.69, 9.17) is 20.1 Å². The van der Waals surface area contributed by atoms with Crippen LogP contribution in [-0.4, -0.2) is 113 Å². The van der Waals surface area contributed by atoms with Crippen LogP contribution in [-0.2, 0) is 4.74 Å². The van der Waals surface area contributed by atoms with Gasteiger partial charge in [-0.05, 0) is 13.0 Å². The van der Waals surface area contributed by atoms with Gasteiger partial charge in [-0.2, -0.15) is 29.9 Å². The highest BCUT2D eigenvalue weighted by Crippen LogP contribution is 2.29. The fraction of sp³-hybridized carbons (Fsp3) is 0.609. The Balaban J connectivity index is 1.65. The molecule has 2 aliphatic heterocycles. The van der Waals surface area contributed by atoms with Gasteiger partial charge in [0.05, 0.1) is 12.3 Å². The number of piperazine rings is 1. The Morgan fingerprint density at radius 2 is 2.08 bits per heavy atom. The summed E-state index contributed by atoms with van der Waals surface area (Å²) in [6, 6.07) is 1.92. The summed E-state index contributed by atoms with van der Waals surface area (Å²) >= 11 is 1.89. The van der Waals surface area contributed by atoms with Crippen molar-refractivity contribution in [3.8, 4) is 0 Å². The van der Waals surface area contributed by atoms with Crippen molar-refractivity contribution in [1.29, 1.82) is 5.41 Å². The molecule has 38 heavy (non-hydrogen) atoms. The molecular weight excluding hydrogens is 521 g/mol. The molecule has 0 amide bonds. The van der Waals surface area contributed by atoms with Gasteiger partial charge in [-0.1, -0.05) is 0 Å². The van der Waals surface area contributed by atoms with Gasteiger partial charge in [0.1, 0.15) is 30.1 Å². The highest BCUT2D eigenvalue weighted by Gasteiger charge is 2.28. The molecule has 0 spiro atoms. The van der Waals surface area contributed by atoms with Gasteiger partial charge in [-0.15, -0.1) is 0 Å². The monoisotopic (exact) mass is 554 g/mol. The topological polar surface area (TPSA) is 127 Å². The molecule has 2 fully saturated rings. The fourth-order valence-electron chi connectivity index (χ4n) is 4.16. The summed E-state index contributed by atoms with van der Waals surface area (Å²) in [5.41, 5.74) is 1.11. The van der Waals surface area contributed by atoms with Crippen LogP contribution in [0.5, 0.6) is 0 Å². The summed E-state index contributed by atoms with van der Waals surface area (Å²) in [6.45, 7) is 4.97. The van der Waals surface area contributed by atoms with Gasteiger partial charge in [-0.3, -0.25) is 4.90 Å². The van der Waals surface area contributed by atoms with E-state index >= 15 is 0 Å². The van der Waals surface area contributed by atoms with Gasteiger partial charge in [0.2, 0.25) is 5.95 Å². The molecule has 11 nitrogen and oxygen atoms in total. The first kappa shape index (κ1) is 28.3. The van der Waals surface area contributed by atoms with Crippen LogP contribution in [0, 0.1) is 5.41 Å². The number of alkyl halides is 3. The average Bonchev–Trinajstić information content (AvgIpc) is 2.89. The molecule has 4 rings (SSSR count). The van der Waals surface area contributed by atoms with Crippen molar-refractivity contribution in [2.45, 2.75) is 19.1 Å². The van der Waals surface area contributed by atoms with Crippen molar-refractivity contribution in [3.05, 3.63) is 24.3 Å². The lowest BCUT2D eigenvalue weighted by Crippen LogP contribution is -2.50. The molecule has 2 aromatic rings. The molecule has 0 aliphatic carbocycles. The maximum absolute atomic E-state index is 12.5. The summed E-state index contributed by atoms with van der Waals surface area (Å²) in [5, 5.41) is 18.7. The summed E-state index contributed by atoms with van der Waals surface area (Å²) < 4.78 is 42.4.